The average molecular weight is 490 g/mol. The SMILES string of the molecule is CCN(C)S(=O)(=O)Nc1ccc(F)c(C(=O)c2c[nH]c3ncc(Br)cc23)c1Cl. The normalized spacial score (nSPS) is 11.9. The van der Waals surface area contributed by atoms with Gasteiger partial charge in [-0.25, -0.2) is 9.37 Å². The minimum absolute atomic E-state index is 0.0918. The summed E-state index contributed by atoms with van der Waals surface area (Å²) in [5.74, 6) is -1.56. The summed E-state index contributed by atoms with van der Waals surface area (Å²) in [6.07, 6.45) is 2.96. The van der Waals surface area contributed by atoms with Crippen LogP contribution < -0.4 is 4.72 Å². The Balaban J connectivity index is 2.09. The van der Waals surface area contributed by atoms with Crippen LogP contribution >= 0.6 is 27.5 Å². The molecule has 2 heterocycles. The first-order valence-corrected chi connectivity index (χ1v) is 10.7. The van der Waals surface area contributed by atoms with Gasteiger partial charge in [-0.2, -0.15) is 12.7 Å². The first-order valence-electron chi connectivity index (χ1n) is 8.05. The molecule has 1 aromatic carbocycles. The summed E-state index contributed by atoms with van der Waals surface area (Å²) < 4.78 is 42.9. The summed E-state index contributed by atoms with van der Waals surface area (Å²) in [6.45, 7) is 1.88. The Labute approximate surface area is 174 Å². The van der Waals surface area contributed by atoms with E-state index in [0.29, 0.717) is 15.5 Å². The van der Waals surface area contributed by atoms with Crippen molar-refractivity contribution in [2.24, 2.45) is 0 Å². The number of carbonyl (C=O) groups excluding carboxylic acids is 1. The van der Waals surface area contributed by atoms with Gasteiger partial charge in [0, 0.05) is 41.4 Å². The molecule has 2 N–H and O–H groups in total. The van der Waals surface area contributed by atoms with Crippen LogP contribution in [0.15, 0.2) is 35.1 Å². The number of hydrogen-bond donors (Lipinski definition) is 2. The first-order chi connectivity index (χ1) is 13.2. The summed E-state index contributed by atoms with van der Waals surface area (Å²) in [5.41, 5.74) is 0.0903. The highest BCUT2D eigenvalue weighted by molar-refractivity contribution is 9.10. The zero-order chi connectivity index (χ0) is 20.6. The lowest BCUT2D eigenvalue weighted by Crippen LogP contribution is -2.32. The van der Waals surface area contributed by atoms with E-state index in [-0.39, 0.29) is 22.8 Å². The quantitative estimate of drug-likeness (QED) is 0.513. The van der Waals surface area contributed by atoms with E-state index in [4.69, 9.17) is 11.6 Å². The van der Waals surface area contributed by atoms with Crippen molar-refractivity contribution >= 4 is 60.2 Å². The molecule has 0 aliphatic heterocycles. The molecular formula is C17H15BrClFN4O3S. The molecule has 0 atom stereocenters. The van der Waals surface area contributed by atoms with Crippen molar-refractivity contribution in [2.45, 2.75) is 6.92 Å². The van der Waals surface area contributed by atoms with E-state index in [9.17, 15) is 17.6 Å². The molecule has 0 spiro atoms. The van der Waals surface area contributed by atoms with Crippen molar-refractivity contribution in [3.05, 3.63) is 57.0 Å². The van der Waals surface area contributed by atoms with Gasteiger partial charge in [0.1, 0.15) is 11.5 Å². The van der Waals surface area contributed by atoms with E-state index in [1.807, 2.05) is 0 Å². The number of aromatic amines is 1. The van der Waals surface area contributed by atoms with Crippen molar-refractivity contribution in [2.75, 3.05) is 18.3 Å². The molecule has 0 amide bonds. The zero-order valence-electron chi connectivity index (χ0n) is 14.8. The molecule has 3 rings (SSSR count). The Bertz CT molecular complexity index is 1180. The number of aromatic nitrogens is 2. The van der Waals surface area contributed by atoms with Crippen molar-refractivity contribution in [1.82, 2.24) is 14.3 Å². The van der Waals surface area contributed by atoms with Gasteiger partial charge in [-0.1, -0.05) is 18.5 Å². The second kappa shape index (κ2) is 7.78. The highest BCUT2D eigenvalue weighted by atomic mass is 79.9. The van der Waals surface area contributed by atoms with Crippen molar-refractivity contribution in [1.29, 1.82) is 0 Å². The third-order valence-electron chi connectivity index (χ3n) is 4.16. The molecule has 3 aromatic rings. The van der Waals surface area contributed by atoms with Crippen molar-refractivity contribution in [3.63, 3.8) is 0 Å². The first kappa shape index (κ1) is 20.7. The van der Waals surface area contributed by atoms with Crippen molar-refractivity contribution < 1.29 is 17.6 Å². The van der Waals surface area contributed by atoms with Crippen LogP contribution in [0.2, 0.25) is 5.02 Å². The maximum absolute atomic E-state index is 14.5. The third-order valence-corrected chi connectivity index (χ3v) is 6.54. The van der Waals surface area contributed by atoms with E-state index >= 15 is 0 Å². The van der Waals surface area contributed by atoms with Crippen LogP contribution in [0.3, 0.4) is 0 Å². The minimum atomic E-state index is -3.89. The fourth-order valence-electron chi connectivity index (χ4n) is 2.53. The number of nitrogens with one attached hydrogen (secondary N) is 2. The molecular weight excluding hydrogens is 475 g/mol. The number of hydrogen-bond acceptors (Lipinski definition) is 4. The number of nitrogens with zero attached hydrogens (tertiary/aromatic N) is 2. The lowest BCUT2D eigenvalue weighted by Gasteiger charge is -2.18. The molecule has 0 aliphatic carbocycles. The molecule has 11 heteroatoms. The van der Waals surface area contributed by atoms with Crippen LogP contribution in [-0.2, 0) is 10.2 Å². The predicted molar refractivity (Wildman–Crippen MR) is 109 cm³/mol. The summed E-state index contributed by atoms with van der Waals surface area (Å²) in [4.78, 5) is 20.0. The highest BCUT2D eigenvalue weighted by Crippen LogP contribution is 2.33. The van der Waals surface area contributed by atoms with Gasteiger partial charge in [-0.05, 0) is 34.1 Å². The molecule has 0 unspecified atom stereocenters. The molecule has 0 saturated carbocycles. The predicted octanol–water partition coefficient (Wildman–Crippen LogP) is 3.96. The van der Waals surface area contributed by atoms with Crippen LogP contribution in [-0.4, -0.2) is 42.1 Å². The second-order valence-electron chi connectivity index (χ2n) is 5.89. The van der Waals surface area contributed by atoms with Gasteiger partial charge >= 0.3 is 10.2 Å². The molecule has 2 aromatic heterocycles. The number of ketones is 1. The lowest BCUT2D eigenvalue weighted by molar-refractivity contribution is 0.103. The molecule has 0 aliphatic rings. The fourth-order valence-corrected chi connectivity index (χ4v) is 4.14. The number of fused-ring (bicyclic) bond motifs is 1. The summed E-state index contributed by atoms with van der Waals surface area (Å²) in [7, 11) is -2.51. The van der Waals surface area contributed by atoms with Crippen LogP contribution in [0.5, 0.6) is 0 Å². The summed E-state index contributed by atoms with van der Waals surface area (Å²) in [6, 6.07) is 3.83. The van der Waals surface area contributed by atoms with Gasteiger partial charge in [0.2, 0.25) is 0 Å². The molecule has 0 bridgehead atoms. The third kappa shape index (κ3) is 3.77. The highest BCUT2D eigenvalue weighted by Gasteiger charge is 2.25. The number of benzene rings is 1. The zero-order valence-corrected chi connectivity index (χ0v) is 17.9. The van der Waals surface area contributed by atoms with Crippen LogP contribution in [0.1, 0.15) is 22.8 Å². The number of anilines is 1. The van der Waals surface area contributed by atoms with Crippen LogP contribution in [0, 0.1) is 5.82 Å². The molecule has 0 saturated heterocycles. The van der Waals surface area contributed by atoms with Crippen LogP contribution in [0.25, 0.3) is 11.0 Å². The Morgan fingerprint density at radius 1 is 1.43 bits per heavy atom. The molecule has 0 radical (unpaired) electrons. The summed E-state index contributed by atoms with van der Waals surface area (Å²) in [5, 5.41) is 0.155. The Morgan fingerprint density at radius 2 is 2.14 bits per heavy atom. The number of carbonyl (C=O) groups is 1. The fraction of sp³-hybridized carbons (Fsp3) is 0.176. The van der Waals surface area contributed by atoms with Crippen LogP contribution in [0.4, 0.5) is 10.1 Å². The van der Waals surface area contributed by atoms with Crippen molar-refractivity contribution in [3.8, 4) is 0 Å². The number of rotatable bonds is 6. The van der Waals surface area contributed by atoms with Gasteiger partial charge < -0.3 is 4.98 Å². The molecule has 28 heavy (non-hydrogen) atoms. The lowest BCUT2D eigenvalue weighted by atomic mass is 10.0. The minimum Gasteiger partial charge on any atom is -0.345 e. The van der Waals surface area contributed by atoms with Gasteiger partial charge in [-0.15, -0.1) is 0 Å². The second-order valence-corrected chi connectivity index (χ2v) is 8.96. The summed E-state index contributed by atoms with van der Waals surface area (Å²) >= 11 is 9.50. The van der Waals surface area contributed by atoms with E-state index in [1.54, 1.807) is 19.2 Å². The Kier molecular flexibility index (Phi) is 5.76. The average Bonchev–Trinajstić information content (AvgIpc) is 3.06. The molecule has 148 valence electrons. The smallest absolute Gasteiger partial charge is 0.301 e. The number of pyridine rings is 1. The van der Waals surface area contributed by atoms with Gasteiger partial charge in [0.25, 0.3) is 0 Å². The topological polar surface area (TPSA) is 95.2 Å². The molecule has 0 fully saturated rings. The van der Waals surface area contributed by atoms with E-state index < -0.39 is 27.4 Å². The van der Waals surface area contributed by atoms with Gasteiger partial charge in [0.05, 0.1) is 16.3 Å². The van der Waals surface area contributed by atoms with E-state index in [0.717, 1.165) is 10.4 Å². The Hall–Kier alpha value is -2.01. The monoisotopic (exact) mass is 488 g/mol. The number of halogens is 3. The standard InChI is InChI=1S/C17H15BrClFN4O3S/c1-3-24(2)28(26,27)23-13-5-4-12(20)14(15(13)19)16(25)11-8-22-17-10(11)6-9(18)7-21-17/h4-8,23H,3H2,1-2H3,(H,21,22). The van der Waals surface area contributed by atoms with E-state index in [2.05, 4.69) is 30.6 Å². The maximum atomic E-state index is 14.5. The van der Waals surface area contributed by atoms with Gasteiger partial charge in [0.15, 0.2) is 5.78 Å². The molecule has 7 nitrogen and oxygen atoms in total. The Morgan fingerprint density at radius 3 is 2.82 bits per heavy atom. The maximum Gasteiger partial charge on any atom is 0.301 e. The van der Waals surface area contributed by atoms with Gasteiger partial charge in [-0.3, -0.25) is 9.52 Å². The van der Waals surface area contributed by atoms with E-state index in [1.165, 1.54) is 19.3 Å². The number of H-pyrrole nitrogens is 1. The largest absolute Gasteiger partial charge is 0.345 e.